The molecule has 3 rings (SSSR count). The SMILES string of the molecule is O=C(O)C=Cc1cccc(C=CC(=O)N2CCN(c3ccccc3)CC2)n1. The summed E-state index contributed by atoms with van der Waals surface area (Å²) in [5.41, 5.74) is 2.32. The molecule has 0 unspecified atom stereocenters. The highest BCUT2D eigenvalue weighted by Gasteiger charge is 2.19. The van der Waals surface area contributed by atoms with E-state index in [9.17, 15) is 9.59 Å². The van der Waals surface area contributed by atoms with Crippen LogP contribution in [0.5, 0.6) is 0 Å². The fourth-order valence-electron chi connectivity index (χ4n) is 2.90. The Hall–Kier alpha value is -3.41. The summed E-state index contributed by atoms with van der Waals surface area (Å²) in [5.74, 6) is -1.07. The van der Waals surface area contributed by atoms with Crippen LogP contribution in [0.25, 0.3) is 12.2 Å². The monoisotopic (exact) mass is 363 g/mol. The number of nitrogens with zero attached hydrogens (tertiary/aromatic N) is 3. The topological polar surface area (TPSA) is 73.7 Å². The Kier molecular flexibility index (Phi) is 5.99. The average molecular weight is 363 g/mol. The molecule has 1 aliphatic rings. The Labute approximate surface area is 158 Å². The molecule has 0 radical (unpaired) electrons. The number of carbonyl (C=O) groups is 2. The highest BCUT2D eigenvalue weighted by atomic mass is 16.4. The van der Waals surface area contributed by atoms with Crippen LogP contribution < -0.4 is 4.90 Å². The molecule has 0 aliphatic carbocycles. The van der Waals surface area contributed by atoms with Crippen molar-refractivity contribution in [3.05, 3.63) is 72.1 Å². The van der Waals surface area contributed by atoms with E-state index in [0.29, 0.717) is 24.5 Å². The molecule has 27 heavy (non-hydrogen) atoms. The van der Waals surface area contributed by atoms with Crippen LogP contribution in [0.1, 0.15) is 11.4 Å². The van der Waals surface area contributed by atoms with Gasteiger partial charge in [0.15, 0.2) is 0 Å². The third-order valence-corrected chi connectivity index (χ3v) is 4.30. The third kappa shape index (κ3) is 5.28. The lowest BCUT2D eigenvalue weighted by molar-refractivity contribution is -0.131. The van der Waals surface area contributed by atoms with Gasteiger partial charge in [0.05, 0.1) is 11.4 Å². The van der Waals surface area contributed by atoms with Crippen LogP contribution in [0, 0.1) is 0 Å². The van der Waals surface area contributed by atoms with Crippen molar-refractivity contribution < 1.29 is 14.7 Å². The lowest BCUT2D eigenvalue weighted by atomic mass is 10.2. The van der Waals surface area contributed by atoms with Crippen molar-refractivity contribution in [1.29, 1.82) is 0 Å². The van der Waals surface area contributed by atoms with Crippen molar-refractivity contribution in [3.63, 3.8) is 0 Å². The number of benzene rings is 1. The van der Waals surface area contributed by atoms with E-state index in [-0.39, 0.29) is 5.91 Å². The predicted molar refractivity (Wildman–Crippen MR) is 105 cm³/mol. The molecule has 1 aromatic heterocycles. The molecule has 1 amide bonds. The van der Waals surface area contributed by atoms with Gasteiger partial charge in [-0.1, -0.05) is 24.3 Å². The van der Waals surface area contributed by atoms with E-state index in [1.54, 1.807) is 24.3 Å². The van der Waals surface area contributed by atoms with Gasteiger partial charge in [-0.15, -0.1) is 0 Å². The normalized spacial score (nSPS) is 14.8. The van der Waals surface area contributed by atoms with E-state index in [1.165, 1.54) is 17.8 Å². The first-order valence-electron chi connectivity index (χ1n) is 8.77. The Morgan fingerprint density at radius 1 is 0.852 bits per heavy atom. The Bertz CT molecular complexity index is 854. The molecular formula is C21H21N3O3. The Morgan fingerprint density at radius 3 is 2.11 bits per heavy atom. The van der Waals surface area contributed by atoms with Gasteiger partial charge >= 0.3 is 5.97 Å². The molecule has 6 heteroatoms. The number of hydrogen-bond acceptors (Lipinski definition) is 4. The minimum absolute atomic E-state index is 0.0454. The zero-order valence-electron chi connectivity index (χ0n) is 14.9. The second kappa shape index (κ2) is 8.80. The minimum Gasteiger partial charge on any atom is -0.478 e. The van der Waals surface area contributed by atoms with Gasteiger partial charge in [-0.25, -0.2) is 9.78 Å². The number of para-hydroxylation sites is 1. The Morgan fingerprint density at radius 2 is 1.48 bits per heavy atom. The number of amides is 1. The molecule has 0 bridgehead atoms. The number of rotatable bonds is 5. The van der Waals surface area contributed by atoms with E-state index < -0.39 is 5.97 Å². The van der Waals surface area contributed by atoms with Gasteiger partial charge < -0.3 is 14.9 Å². The Balaban J connectivity index is 1.56. The highest BCUT2D eigenvalue weighted by Crippen LogP contribution is 2.15. The first kappa shape index (κ1) is 18.4. The molecule has 0 atom stereocenters. The number of hydrogen-bond donors (Lipinski definition) is 1. The van der Waals surface area contributed by atoms with Gasteiger partial charge in [0.1, 0.15) is 0 Å². The van der Waals surface area contributed by atoms with E-state index in [4.69, 9.17) is 5.11 Å². The summed E-state index contributed by atoms with van der Waals surface area (Å²) in [7, 11) is 0. The van der Waals surface area contributed by atoms with E-state index in [2.05, 4.69) is 22.0 Å². The second-order valence-electron chi connectivity index (χ2n) is 6.14. The first-order chi connectivity index (χ1) is 13.1. The first-order valence-corrected chi connectivity index (χ1v) is 8.77. The standard InChI is InChI=1S/C21H21N3O3/c25-20(11-9-17-5-4-6-18(22-17)10-12-21(26)27)24-15-13-23(14-16-24)19-7-2-1-3-8-19/h1-12H,13-16H2,(H,26,27). The van der Waals surface area contributed by atoms with Crippen LogP contribution in [0.4, 0.5) is 5.69 Å². The second-order valence-corrected chi connectivity index (χ2v) is 6.14. The summed E-state index contributed by atoms with van der Waals surface area (Å²) in [6.07, 6.45) is 5.63. The average Bonchev–Trinajstić information content (AvgIpc) is 2.71. The fraction of sp³-hybridized carbons (Fsp3) is 0.190. The maximum Gasteiger partial charge on any atom is 0.328 e. The van der Waals surface area contributed by atoms with Crippen molar-refractivity contribution in [1.82, 2.24) is 9.88 Å². The van der Waals surface area contributed by atoms with Crippen LogP contribution in [-0.4, -0.2) is 53.0 Å². The van der Waals surface area contributed by atoms with E-state index >= 15 is 0 Å². The third-order valence-electron chi connectivity index (χ3n) is 4.30. The quantitative estimate of drug-likeness (QED) is 0.827. The molecule has 0 saturated carbocycles. The maximum absolute atomic E-state index is 12.4. The van der Waals surface area contributed by atoms with Crippen molar-refractivity contribution in [2.24, 2.45) is 0 Å². The van der Waals surface area contributed by atoms with Gasteiger partial charge in [-0.2, -0.15) is 0 Å². The van der Waals surface area contributed by atoms with Crippen LogP contribution in [0.2, 0.25) is 0 Å². The van der Waals surface area contributed by atoms with Gasteiger partial charge in [0.2, 0.25) is 5.91 Å². The number of aromatic nitrogens is 1. The number of carboxylic acid groups (broad SMARTS) is 1. The summed E-state index contributed by atoms with van der Waals surface area (Å²) in [6.45, 7) is 2.95. The lowest BCUT2D eigenvalue weighted by Crippen LogP contribution is -2.48. The largest absolute Gasteiger partial charge is 0.478 e. The molecular weight excluding hydrogens is 342 g/mol. The molecule has 6 nitrogen and oxygen atoms in total. The minimum atomic E-state index is -1.03. The maximum atomic E-state index is 12.4. The lowest BCUT2D eigenvalue weighted by Gasteiger charge is -2.35. The highest BCUT2D eigenvalue weighted by molar-refractivity contribution is 5.91. The van der Waals surface area contributed by atoms with Gasteiger partial charge in [-0.3, -0.25) is 4.79 Å². The van der Waals surface area contributed by atoms with Gasteiger partial charge in [0, 0.05) is 44.0 Å². The molecule has 1 aromatic carbocycles. The van der Waals surface area contributed by atoms with Crippen LogP contribution in [0.15, 0.2) is 60.7 Å². The van der Waals surface area contributed by atoms with E-state index in [0.717, 1.165) is 19.2 Å². The molecule has 1 saturated heterocycles. The van der Waals surface area contributed by atoms with Gasteiger partial charge in [0.25, 0.3) is 0 Å². The number of anilines is 1. The molecule has 0 spiro atoms. The number of piperazine rings is 1. The van der Waals surface area contributed by atoms with Crippen LogP contribution in [0.3, 0.4) is 0 Å². The summed E-state index contributed by atoms with van der Waals surface area (Å²) in [5, 5.41) is 8.67. The van der Waals surface area contributed by atoms with Crippen molar-refractivity contribution in [2.45, 2.75) is 0 Å². The molecule has 1 fully saturated rings. The van der Waals surface area contributed by atoms with Crippen molar-refractivity contribution in [3.8, 4) is 0 Å². The number of aliphatic carboxylic acids is 1. The number of carboxylic acids is 1. The van der Waals surface area contributed by atoms with Gasteiger partial charge in [-0.05, 0) is 36.4 Å². The molecule has 1 aliphatic heterocycles. The summed E-state index contributed by atoms with van der Waals surface area (Å²) in [4.78, 5) is 31.4. The van der Waals surface area contributed by atoms with Crippen molar-refractivity contribution >= 4 is 29.7 Å². The fourth-order valence-corrected chi connectivity index (χ4v) is 2.90. The molecule has 2 heterocycles. The zero-order valence-corrected chi connectivity index (χ0v) is 14.9. The predicted octanol–water partition coefficient (Wildman–Crippen LogP) is 2.54. The van der Waals surface area contributed by atoms with Crippen molar-refractivity contribution in [2.75, 3.05) is 31.1 Å². The smallest absolute Gasteiger partial charge is 0.328 e. The number of pyridine rings is 1. The summed E-state index contributed by atoms with van der Waals surface area (Å²) in [6, 6.07) is 15.4. The van der Waals surface area contributed by atoms with E-state index in [1.807, 2.05) is 23.1 Å². The molecule has 2 aromatic rings. The number of carbonyl (C=O) groups excluding carboxylic acids is 1. The van der Waals surface area contributed by atoms with Crippen LogP contribution >= 0.6 is 0 Å². The summed E-state index contributed by atoms with van der Waals surface area (Å²) >= 11 is 0. The van der Waals surface area contributed by atoms with Crippen LogP contribution in [-0.2, 0) is 9.59 Å². The zero-order chi connectivity index (χ0) is 19.1. The molecule has 1 N–H and O–H groups in total. The summed E-state index contributed by atoms with van der Waals surface area (Å²) < 4.78 is 0. The molecule has 138 valence electrons.